The molecule has 1 heteroatoms. The van der Waals surface area contributed by atoms with Gasteiger partial charge in [0, 0.05) is 22.5 Å². The first-order chi connectivity index (χ1) is 30.3. The van der Waals surface area contributed by atoms with Gasteiger partial charge in [-0.3, -0.25) is 0 Å². The lowest BCUT2D eigenvalue weighted by Gasteiger charge is -2.32. The van der Waals surface area contributed by atoms with E-state index in [-0.39, 0.29) is 27.1 Å². The summed E-state index contributed by atoms with van der Waals surface area (Å²) in [5.41, 5.74) is 23.1. The van der Waals surface area contributed by atoms with Gasteiger partial charge in [-0.25, -0.2) is 0 Å². The highest BCUT2D eigenvalue weighted by atomic mass is 15.1. The molecule has 7 aromatic carbocycles. The summed E-state index contributed by atoms with van der Waals surface area (Å²) < 4.78 is 0. The lowest BCUT2D eigenvalue weighted by atomic mass is 9.78. The second kappa shape index (κ2) is 16.3. The number of hydrogen-bond acceptors (Lipinski definition) is 1. The Kier molecular flexibility index (Phi) is 11.5. The average molecular weight is 856 g/mol. The first kappa shape index (κ1) is 45.9. The van der Waals surface area contributed by atoms with Gasteiger partial charge in [-0.2, -0.15) is 0 Å². The molecule has 0 fully saturated rings. The van der Waals surface area contributed by atoms with E-state index in [1.807, 2.05) is 0 Å². The Labute approximate surface area is 393 Å². The van der Waals surface area contributed by atoms with Crippen LogP contribution in [0.25, 0.3) is 44.5 Å². The Morgan fingerprint density at radius 2 is 0.800 bits per heavy atom. The summed E-state index contributed by atoms with van der Waals surface area (Å²) in [5, 5.41) is 0. The molecular formula is C64H73N. The van der Waals surface area contributed by atoms with Crippen LogP contribution in [0, 0.1) is 0 Å². The quantitative estimate of drug-likeness (QED) is 0.154. The number of nitrogens with zero attached hydrogens (tertiary/aromatic N) is 1. The van der Waals surface area contributed by atoms with Crippen molar-refractivity contribution in [3.63, 3.8) is 0 Å². The molecule has 334 valence electrons. The Hall–Kier alpha value is -5.66. The number of rotatable bonds is 7. The molecule has 0 spiro atoms. The maximum Gasteiger partial charge on any atom is 0.0496 e. The molecule has 0 unspecified atom stereocenters. The molecule has 0 bridgehead atoms. The summed E-state index contributed by atoms with van der Waals surface area (Å²) in [6.07, 6.45) is 0. The van der Waals surface area contributed by atoms with Crippen LogP contribution < -0.4 is 4.90 Å². The molecule has 0 saturated carbocycles. The van der Waals surface area contributed by atoms with E-state index in [1.165, 1.54) is 101 Å². The van der Waals surface area contributed by atoms with Gasteiger partial charge in [-0.05, 0) is 147 Å². The fourth-order valence-electron chi connectivity index (χ4n) is 9.69. The highest BCUT2D eigenvalue weighted by Gasteiger charge is 2.36. The van der Waals surface area contributed by atoms with Crippen LogP contribution in [-0.2, 0) is 27.1 Å². The third-order valence-corrected chi connectivity index (χ3v) is 14.0. The van der Waals surface area contributed by atoms with E-state index in [0.717, 1.165) is 0 Å². The van der Waals surface area contributed by atoms with Crippen molar-refractivity contribution in [2.75, 3.05) is 4.90 Å². The molecule has 0 aliphatic heterocycles. The van der Waals surface area contributed by atoms with Gasteiger partial charge >= 0.3 is 0 Å². The van der Waals surface area contributed by atoms with Gasteiger partial charge in [0.15, 0.2) is 0 Å². The summed E-state index contributed by atoms with van der Waals surface area (Å²) in [7, 11) is 0. The molecular weight excluding hydrogens is 783 g/mol. The predicted molar refractivity (Wildman–Crippen MR) is 284 cm³/mol. The van der Waals surface area contributed by atoms with Gasteiger partial charge in [-0.1, -0.05) is 220 Å². The van der Waals surface area contributed by atoms with E-state index in [9.17, 15) is 0 Å². The van der Waals surface area contributed by atoms with Gasteiger partial charge < -0.3 is 4.90 Å². The Morgan fingerprint density at radius 1 is 0.369 bits per heavy atom. The molecule has 1 nitrogen and oxygen atoms in total. The van der Waals surface area contributed by atoms with Crippen LogP contribution in [0.3, 0.4) is 0 Å². The zero-order valence-corrected chi connectivity index (χ0v) is 42.4. The van der Waals surface area contributed by atoms with Crippen molar-refractivity contribution < 1.29 is 0 Å². The number of para-hydroxylation sites is 1. The van der Waals surface area contributed by atoms with Crippen molar-refractivity contribution in [2.24, 2.45) is 0 Å². The lowest BCUT2D eigenvalue weighted by Crippen LogP contribution is -2.18. The third kappa shape index (κ3) is 9.01. The smallest absolute Gasteiger partial charge is 0.0496 e. The fraction of sp³-hybridized carbons (Fsp3) is 0.344. The Bertz CT molecular complexity index is 2860. The van der Waals surface area contributed by atoms with Crippen LogP contribution in [-0.4, -0.2) is 0 Å². The average Bonchev–Trinajstić information content (AvgIpc) is 3.47. The van der Waals surface area contributed by atoms with E-state index in [2.05, 4.69) is 261 Å². The maximum atomic E-state index is 2.53. The van der Waals surface area contributed by atoms with Crippen LogP contribution >= 0.6 is 0 Å². The van der Waals surface area contributed by atoms with Crippen molar-refractivity contribution >= 4 is 17.1 Å². The summed E-state index contributed by atoms with van der Waals surface area (Å²) in [6.45, 7) is 37.3. The van der Waals surface area contributed by atoms with E-state index >= 15 is 0 Å². The van der Waals surface area contributed by atoms with Crippen LogP contribution in [0.15, 0.2) is 146 Å². The third-order valence-electron chi connectivity index (χ3n) is 14.0. The normalized spacial score (nSPS) is 13.8. The fourth-order valence-corrected chi connectivity index (χ4v) is 9.69. The van der Waals surface area contributed by atoms with Crippen molar-refractivity contribution in [1.82, 2.24) is 0 Å². The summed E-state index contributed by atoms with van der Waals surface area (Å²) in [4.78, 5) is 2.53. The number of anilines is 3. The van der Waals surface area contributed by atoms with E-state index in [1.54, 1.807) is 0 Å². The predicted octanol–water partition coefficient (Wildman–Crippen LogP) is 18.8. The lowest BCUT2D eigenvalue weighted by molar-refractivity contribution is 0.569. The van der Waals surface area contributed by atoms with Crippen LogP contribution in [0.4, 0.5) is 17.1 Å². The first-order valence-corrected chi connectivity index (χ1v) is 24.0. The molecule has 0 heterocycles. The van der Waals surface area contributed by atoms with Gasteiger partial charge in [-0.15, -0.1) is 0 Å². The minimum Gasteiger partial charge on any atom is -0.310 e. The second-order valence-electron chi connectivity index (χ2n) is 23.9. The monoisotopic (exact) mass is 856 g/mol. The highest BCUT2D eigenvalue weighted by Crippen LogP contribution is 2.51. The molecule has 1 aliphatic rings. The molecule has 0 atom stereocenters. The van der Waals surface area contributed by atoms with Crippen LogP contribution in [0.2, 0.25) is 0 Å². The highest BCUT2D eigenvalue weighted by molar-refractivity contribution is 5.88. The van der Waals surface area contributed by atoms with Crippen molar-refractivity contribution in [2.45, 2.75) is 144 Å². The largest absolute Gasteiger partial charge is 0.310 e. The number of fused-ring (bicyclic) bond motifs is 3. The molecule has 65 heavy (non-hydrogen) atoms. The van der Waals surface area contributed by atoms with Gasteiger partial charge in [0.25, 0.3) is 0 Å². The minimum absolute atomic E-state index is 0.0123. The van der Waals surface area contributed by atoms with Crippen molar-refractivity contribution in [3.05, 3.63) is 185 Å². The van der Waals surface area contributed by atoms with Crippen molar-refractivity contribution in [3.8, 4) is 44.5 Å². The molecule has 0 N–H and O–H groups in total. The molecule has 7 aromatic rings. The molecule has 1 aliphatic carbocycles. The van der Waals surface area contributed by atoms with Crippen molar-refractivity contribution in [1.29, 1.82) is 0 Å². The summed E-state index contributed by atoms with van der Waals surface area (Å²) in [6, 6.07) is 56.2. The maximum absolute atomic E-state index is 2.53. The molecule has 0 radical (unpaired) electrons. The Balaban J connectivity index is 1.27. The number of hydrogen-bond donors (Lipinski definition) is 0. The van der Waals surface area contributed by atoms with E-state index in [4.69, 9.17) is 0 Å². The van der Waals surface area contributed by atoms with Crippen LogP contribution in [0.5, 0.6) is 0 Å². The van der Waals surface area contributed by atoms with Gasteiger partial charge in [0.05, 0.1) is 0 Å². The van der Waals surface area contributed by atoms with Gasteiger partial charge in [0.1, 0.15) is 0 Å². The number of benzene rings is 7. The SMILES string of the molecule is CC(C)c1ccccc1N(c1cc(-c2ccc(-c3cc(-c4cc(C(C)(C)C)cc(C(C)(C)C)c4)cc(C(C)(C)C)c3)cc2)cc(C(C)(C)C)c1)c1ccc2c(c1)C(C)(C)c1ccccc1-2. The minimum atomic E-state index is -0.107. The standard InChI is InChI=1S/C64H73N/c1-41(2)54-21-18-20-24-59(54)65(52-29-30-56-55-22-17-19-23-57(55)64(15,16)58(56)40-52)53-37-47(36-51(39-53)63(12,13)14)43-27-25-42(26-28-43)44-31-45(33-48(32-44)60(3,4)5)46-34-49(61(6,7)8)38-50(35-46)62(9,10)11/h17-41H,1-16H3. The molecule has 8 rings (SSSR count). The van der Waals surface area contributed by atoms with E-state index in [0.29, 0.717) is 5.92 Å². The first-order valence-electron chi connectivity index (χ1n) is 24.0. The Morgan fingerprint density at radius 3 is 1.34 bits per heavy atom. The van der Waals surface area contributed by atoms with E-state index < -0.39 is 0 Å². The molecule has 0 aromatic heterocycles. The second-order valence-corrected chi connectivity index (χ2v) is 23.9. The van der Waals surface area contributed by atoms with Crippen LogP contribution in [0.1, 0.15) is 156 Å². The van der Waals surface area contributed by atoms with Gasteiger partial charge in [0.2, 0.25) is 0 Å². The summed E-state index contributed by atoms with van der Waals surface area (Å²) >= 11 is 0. The zero-order chi connectivity index (χ0) is 47.0. The zero-order valence-electron chi connectivity index (χ0n) is 42.4. The summed E-state index contributed by atoms with van der Waals surface area (Å²) in [5.74, 6) is 0.349. The molecule has 0 amide bonds. The topological polar surface area (TPSA) is 3.24 Å². The molecule has 0 saturated heterocycles.